The number of rotatable bonds is 1. The van der Waals surface area contributed by atoms with Crippen molar-refractivity contribution in [1.29, 1.82) is 0 Å². The second-order valence-electron chi connectivity index (χ2n) is 3.17. The Morgan fingerprint density at radius 1 is 1.62 bits per heavy atom. The van der Waals surface area contributed by atoms with Crippen molar-refractivity contribution in [3.63, 3.8) is 0 Å². The van der Waals surface area contributed by atoms with Gasteiger partial charge >= 0.3 is 0 Å². The van der Waals surface area contributed by atoms with Gasteiger partial charge in [0.05, 0.1) is 12.5 Å². The van der Waals surface area contributed by atoms with Crippen LogP contribution in [0.25, 0.3) is 0 Å². The molecule has 0 bridgehead atoms. The molecular formula is C8H10N2O3. The third-order valence-corrected chi connectivity index (χ3v) is 2.31. The quantitative estimate of drug-likeness (QED) is 0.318. The number of aliphatic hydroxyl groups is 1. The molecule has 1 fully saturated rings. The molecule has 13 heavy (non-hydrogen) atoms. The average Bonchev–Trinajstić information content (AvgIpc) is 2.09. The Hall–Kier alpha value is -1.17. The van der Waals surface area contributed by atoms with Gasteiger partial charge in [-0.1, -0.05) is 24.3 Å². The van der Waals surface area contributed by atoms with Gasteiger partial charge in [0.2, 0.25) is 0 Å². The zero-order valence-corrected chi connectivity index (χ0v) is 6.88. The van der Waals surface area contributed by atoms with Gasteiger partial charge in [0.1, 0.15) is 5.54 Å². The van der Waals surface area contributed by atoms with Crippen LogP contribution in [0.15, 0.2) is 24.3 Å². The molecule has 5 heteroatoms. The van der Waals surface area contributed by atoms with Crippen molar-refractivity contribution >= 4 is 5.91 Å². The predicted molar refractivity (Wildman–Crippen MR) is 43.8 cm³/mol. The summed E-state index contributed by atoms with van der Waals surface area (Å²) in [6, 6.07) is 0. The van der Waals surface area contributed by atoms with Crippen molar-refractivity contribution in [2.45, 2.75) is 18.1 Å². The van der Waals surface area contributed by atoms with Crippen LogP contribution < -0.4 is 5.90 Å². The molecule has 0 saturated carbocycles. The molecule has 1 heterocycles. The lowest BCUT2D eigenvalue weighted by Crippen LogP contribution is -2.62. The van der Waals surface area contributed by atoms with E-state index in [1.165, 1.54) is 0 Å². The maximum Gasteiger partial charge on any atom is 0.251 e. The van der Waals surface area contributed by atoms with Gasteiger partial charge in [-0.25, -0.2) is 0 Å². The number of hydrogen-bond donors (Lipinski definition) is 2. The van der Waals surface area contributed by atoms with Gasteiger partial charge in [-0.05, 0) is 0 Å². The van der Waals surface area contributed by atoms with Crippen LogP contribution in [-0.4, -0.2) is 27.7 Å². The number of carbonyl (C=O) groups excluding carboxylic acids is 1. The minimum atomic E-state index is -0.582. The lowest BCUT2D eigenvalue weighted by molar-refractivity contribution is -0.239. The van der Waals surface area contributed by atoms with E-state index in [2.05, 4.69) is 4.94 Å². The molecule has 1 aliphatic carbocycles. The van der Waals surface area contributed by atoms with E-state index in [1.807, 2.05) is 0 Å². The summed E-state index contributed by atoms with van der Waals surface area (Å²) >= 11 is 0. The fourth-order valence-corrected chi connectivity index (χ4v) is 1.59. The van der Waals surface area contributed by atoms with Crippen molar-refractivity contribution in [3.8, 4) is 0 Å². The molecule has 0 unspecified atom stereocenters. The Kier molecular flexibility index (Phi) is 1.73. The summed E-state index contributed by atoms with van der Waals surface area (Å²) < 4.78 is 0. The molecule has 1 saturated heterocycles. The van der Waals surface area contributed by atoms with Crippen LogP contribution in [0.3, 0.4) is 0 Å². The van der Waals surface area contributed by atoms with E-state index in [1.54, 1.807) is 24.3 Å². The highest BCUT2D eigenvalue weighted by molar-refractivity contribution is 5.86. The summed E-state index contributed by atoms with van der Waals surface area (Å²) in [5, 5.41) is 10.2. The molecule has 2 rings (SSSR count). The van der Waals surface area contributed by atoms with E-state index in [9.17, 15) is 4.79 Å². The molecule has 5 nitrogen and oxygen atoms in total. The molecule has 1 spiro atoms. The fraction of sp³-hybridized carbons (Fsp3) is 0.375. The first-order valence-electron chi connectivity index (χ1n) is 3.95. The van der Waals surface area contributed by atoms with Gasteiger partial charge in [-0.3, -0.25) is 4.79 Å². The number of nitrogens with two attached hydrogens (primary N) is 1. The molecule has 0 aromatic carbocycles. The summed E-state index contributed by atoms with van der Waals surface area (Å²) in [6.45, 7) is 0. The number of hydrogen-bond acceptors (Lipinski definition) is 4. The maximum absolute atomic E-state index is 11.0. The molecule has 0 aromatic heterocycles. The van der Waals surface area contributed by atoms with E-state index in [0.717, 1.165) is 5.06 Å². The van der Waals surface area contributed by atoms with Crippen LogP contribution in [0, 0.1) is 0 Å². The SMILES string of the molecule is NON1C(=O)CC12C=CC(O)C=C2. The van der Waals surface area contributed by atoms with Crippen molar-refractivity contribution in [2.75, 3.05) is 0 Å². The molecule has 0 atom stereocenters. The first-order valence-corrected chi connectivity index (χ1v) is 3.95. The molecule has 2 aliphatic rings. The monoisotopic (exact) mass is 182 g/mol. The lowest BCUT2D eigenvalue weighted by Gasteiger charge is -2.46. The van der Waals surface area contributed by atoms with E-state index in [-0.39, 0.29) is 5.91 Å². The summed E-state index contributed by atoms with van der Waals surface area (Å²) in [4.78, 5) is 15.4. The zero-order valence-electron chi connectivity index (χ0n) is 6.88. The Bertz CT molecular complexity index is 284. The number of amides is 1. The Balaban J connectivity index is 2.20. The second-order valence-corrected chi connectivity index (χ2v) is 3.17. The minimum Gasteiger partial charge on any atom is -0.385 e. The van der Waals surface area contributed by atoms with Gasteiger partial charge in [-0.2, -0.15) is 15.9 Å². The predicted octanol–water partition coefficient (Wildman–Crippen LogP) is -0.750. The van der Waals surface area contributed by atoms with Gasteiger partial charge in [0.15, 0.2) is 0 Å². The number of β-lactam (4-membered cyclic amide) rings is 1. The van der Waals surface area contributed by atoms with E-state index in [4.69, 9.17) is 11.0 Å². The lowest BCUT2D eigenvalue weighted by atomic mass is 9.82. The van der Waals surface area contributed by atoms with Crippen LogP contribution in [0.1, 0.15) is 6.42 Å². The summed E-state index contributed by atoms with van der Waals surface area (Å²) in [7, 11) is 0. The van der Waals surface area contributed by atoms with E-state index < -0.39 is 11.6 Å². The number of hydroxylamine groups is 2. The van der Waals surface area contributed by atoms with Crippen LogP contribution in [0.2, 0.25) is 0 Å². The van der Waals surface area contributed by atoms with Crippen molar-refractivity contribution < 1.29 is 14.8 Å². The molecule has 0 radical (unpaired) electrons. The maximum atomic E-state index is 11.0. The normalized spacial score (nSPS) is 36.9. The molecule has 1 aliphatic heterocycles. The van der Waals surface area contributed by atoms with E-state index in [0.29, 0.717) is 6.42 Å². The van der Waals surface area contributed by atoms with Crippen LogP contribution in [-0.2, 0) is 9.73 Å². The third-order valence-electron chi connectivity index (χ3n) is 2.31. The highest BCUT2D eigenvalue weighted by Gasteiger charge is 2.49. The highest BCUT2D eigenvalue weighted by atomic mass is 16.8. The fourth-order valence-electron chi connectivity index (χ4n) is 1.59. The summed E-state index contributed by atoms with van der Waals surface area (Å²) in [5.74, 6) is 4.78. The smallest absolute Gasteiger partial charge is 0.251 e. The molecular weight excluding hydrogens is 172 g/mol. The molecule has 1 amide bonds. The largest absolute Gasteiger partial charge is 0.385 e. The van der Waals surface area contributed by atoms with Gasteiger partial charge < -0.3 is 5.11 Å². The molecule has 0 aromatic rings. The van der Waals surface area contributed by atoms with Crippen molar-refractivity contribution in [2.24, 2.45) is 5.90 Å². The highest BCUT2D eigenvalue weighted by Crippen LogP contribution is 2.36. The number of carbonyl (C=O) groups is 1. The first-order chi connectivity index (χ1) is 6.18. The number of aliphatic hydroxyl groups excluding tert-OH is 1. The standard InChI is InChI=1S/C8H10N2O3/c9-13-10-7(12)5-8(10)3-1-6(11)2-4-8/h1-4,6,11H,5,9H2. The van der Waals surface area contributed by atoms with Gasteiger partial charge in [-0.15, -0.1) is 0 Å². The van der Waals surface area contributed by atoms with Crippen LogP contribution in [0.4, 0.5) is 0 Å². The van der Waals surface area contributed by atoms with Crippen LogP contribution >= 0.6 is 0 Å². The molecule has 70 valence electrons. The van der Waals surface area contributed by atoms with Crippen molar-refractivity contribution in [1.82, 2.24) is 5.06 Å². The topological polar surface area (TPSA) is 75.8 Å². The Morgan fingerprint density at radius 2 is 2.23 bits per heavy atom. The second kappa shape index (κ2) is 2.66. The summed E-state index contributed by atoms with van der Waals surface area (Å²) in [5.41, 5.74) is -0.564. The average molecular weight is 182 g/mol. The first kappa shape index (κ1) is 8.43. The zero-order chi connectivity index (χ0) is 9.47. The molecule has 3 N–H and O–H groups in total. The van der Waals surface area contributed by atoms with Crippen LogP contribution in [0.5, 0.6) is 0 Å². The van der Waals surface area contributed by atoms with Crippen molar-refractivity contribution in [3.05, 3.63) is 24.3 Å². The van der Waals surface area contributed by atoms with Gasteiger partial charge in [0, 0.05) is 0 Å². The third kappa shape index (κ3) is 1.09. The van der Waals surface area contributed by atoms with E-state index >= 15 is 0 Å². The van der Waals surface area contributed by atoms with Gasteiger partial charge in [0.25, 0.3) is 5.91 Å². The minimum absolute atomic E-state index is 0.159. The summed E-state index contributed by atoms with van der Waals surface area (Å²) in [6.07, 6.45) is 6.37. The Morgan fingerprint density at radius 3 is 2.69 bits per heavy atom. The number of nitrogens with zero attached hydrogens (tertiary/aromatic N) is 1. The Labute approximate surface area is 75.0 Å².